The molecule has 0 aliphatic rings. The number of aromatic nitrogens is 2. The lowest BCUT2D eigenvalue weighted by Gasteiger charge is -1.85. The van der Waals surface area contributed by atoms with Gasteiger partial charge in [0.05, 0.1) is 18.3 Å². The first-order chi connectivity index (χ1) is 7.79. The summed E-state index contributed by atoms with van der Waals surface area (Å²) in [5.74, 6) is 7.14. The van der Waals surface area contributed by atoms with E-state index in [9.17, 15) is 0 Å². The van der Waals surface area contributed by atoms with Crippen molar-refractivity contribution in [2.75, 3.05) is 0 Å². The van der Waals surface area contributed by atoms with Gasteiger partial charge in [0.1, 0.15) is 5.76 Å². The molecule has 0 bridgehead atoms. The molecule has 2 aromatic heterocycles. The van der Waals surface area contributed by atoms with Crippen LogP contribution in [0.15, 0.2) is 16.7 Å². The maximum absolute atomic E-state index is 5.59. The Labute approximate surface area is 95.5 Å². The van der Waals surface area contributed by atoms with Crippen molar-refractivity contribution in [3.8, 4) is 11.8 Å². The van der Waals surface area contributed by atoms with Crippen molar-refractivity contribution in [2.24, 2.45) is 0 Å². The molecule has 2 aromatic rings. The fourth-order valence-corrected chi connectivity index (χ4v) is 1.54. The average Bonchev–Trinajstić information content (AvgIpc) is 2.74. The lowest BCUT2D eigenvalue weighted by atomic mass is 10.2. The summed E-state index contributed by atoms with van der Waals surface area (Å²) in [5, 5.41) is 4.27. The van der Waals surface area contributed by atoms with Crippen LogP contribution >= 0.6 is 0 Å². The van der Waals surface area contributed by atoms with Gasteiger partial charge in [0.2, 0.25) is 5.71 Å². The number of fused-ring (bicyclic) bond motifs is 1. The quantitative estimate of drug-likeness (QED) is 0.583. The highest BCUT2D eigenvalue weighted by molar-refractivity contribution is 5.36. The zero-order valence-corrected chi connectivity index (χ0v) is 9.79. The van der Waals surface area contributed by atoms with E-state index in [2.05, 4.69) is 23.9 Å². The van der Waals surface area contributed by atoms with Gasteiger partial charge in [-0.25, -0.2) is 4.52 Å². The molecule has 0 radical (unpaired) electrons. The highest BCUT2D eigenvalue weighted by atomic mass is 16.4. The standard InChI is InChI=1S/C13H16N2O/c1-3-4-5-6-7-8-12-10-15-13(16-12)9-11(2)14-15/h9-10H,3-5,8H2,1-2H3. The Kier molecular flexibility index (Phi) is 3.31. The van der Waals surface area contributed by atoms with Gasteiger partial charge in [-0.1, -0.05) is 19.3 Å². The number of nitrogens with zero attached hydrogens (tertiary/aromatic N) is 2. The second kappa shape index (κ2) is 4.89. The van der Waals surface area contributed by atoms with Gasteiger partial charge in [-0.2, -0.15) is 5.10 Å². The van der Waals surface area contributed by atoms with E-state index < -0.39 is 0 Å². The summed E-state index contributed by atoms with van der Waals surface area (Å²) in [7, 11) is 0. The third-order valence-corrected chi connectivity index (χ3v) is 2.37. The van der Waals surface area contributed by atoms with Gasteiger partial charge in [-0.05, 0) is 13.3 Å². The molecule has 3 heteroatoms. The molecule has 0 saturated heterocycles. The summed E-state index contributed by atoms with van der Waals surface area (Å²) >= 11 is 0. The number of rotatable bonds is 3. The summed E-state index contributed by atoms with van der Waals surface area (Å²) in [6, 6.07) is 1.92. The van der Waals surface area contributed by atoms with Gasteiger partial charge in [0, 0.05) is 12.5 Å². The number of hydrogen-bond acceptors (Lipinski definition) is 2. The predicted molar refractivity (Wildman–Crippen MR) is 63.2 cm³/mol. The fraction of sp³-hybridized carbons (Fsp3) is 0.462. The Hall–Kier alpha value is -1.69. The second-order valence-corrected chi connectivity index (χ2v) is 3.90. The second-order valence-electron chi connectivity index (χ2n) is 3.90. The van der Waals surface area contributed by atoms with E-state index in [4.69, 9.17) is 4.42 Å². The van der Waals surface area contributed by atoms with Gasteiger partial charge in [0.15, 0.2) is 0 Å². The fourth-order valence-electron chi connectivity index (χ4n) is 1.54. The van der Waals surface area contributed by atoms with Crippen molar-refractivity contribution in [3.05, 3.63) is 23.7 Å². The Balaban J connectivity index is 1.98. The molecule has 84 valence electrons. The molecule has 16 heavy (non-hydrogen) atoms. The lowest BCUT2D eigenvalue weighted by Crippen LogP contribution is -1.81. The zero-order chi connectivity index (χ0) is 11.4. The van der Waals surface area contributed by atoms with Crippen LogP contribution in [0.1, 0.15) is 37.6 Å². The molecule has 3 nitrogen and oxygen atoms in total. The van der Waals surface area contributed by atoms with Crippen LogP contribution in [0.5, 0.6) is 0 Å². The van der Waals surface area contributed by atoms with Crippen LogP contribution in [0, 0.1) is 18.8 Å². The Morgan fingerprint density at radius 1 is 1.44 bits per heavy atom. The van der Waals surface area contributed by atoms with Crippen LogP contribution < -0.4 is 0 Å². The average molecular weight is 216 g/mol. The number of unbranched alkanes of at least 4 members (excludes halogenated alkanes) is 2. The smallest absolute Gasteiger partial charge is 0.222 e. The van der Waals surface area contributed by atoms with Crippen molar-refractivity contribution >= 4 is 5.71 Å². The zero-order valence-electron chi connectivity index (χ0n) is 9.79. The van der Waals surface area contributed by atoms with Gasteiger partial charge in [-0.3, -0.25) is 0 Å². The van der Waals surface area contributed by atoms with Crippen LogP contribution in [0.4, 0.5) is 0 Å². The minimum Gasteiger partial charge on any atom is -0.441 e. The van der Waals surface area contributed by atoms with E-state index >= 15 is 0 Å². The molecule has 2 rings (SSSR count). The minimum absolute atomic E-state index is 0.673. The largest absolute Gasteiger partial charge is 0.441 e. The monoisotopic (exact) mass is 216 g/mol. The third kappa shape index (κ3) is 2.46. The third-order valence-electron chi connectivity index (χ3n) is 2.37. The maximum Gasteiger partial charge on any atom is 0.222 e. The predicted octanol–water partition coefficient (Wildman–Crippen LogP) is 2.97. The molecule has 0 saturated carbocycles. The summed E-state index contributed by atoms with van der Waals surface area (Å²) in [5.41, 5.74) is 1.77. The number of hydrogen-bond donors (Lipinski definition) is 0. The Bertz CT molecular complexity index is 493. The SMILES string of the molecule is CCCCC#CCc1cn2nc(C)cc2o1. The van der Waals surface area contributed by atoms with E-state index in [-0.39, 0.29) is 0 Å². The van der Waals surface area contributed by atoms with Crippen molar-refractivity contribution in [1.82, 2.24) is 9.61 Å². The van der Waals surface area contributed by atoms with E-state index in [1.54, 1.807) is 4.52 Å². The summed E-state index contributed by atoms with van der Waals surface area (Å²) in [4.78, 5) is 0. The topological polar surface area (TPSA) is 30.4 Å². The van der Waals surface area contributed by atoms with E-state index in [0.717, 1.165) is 23.6 Å². The molecule has 0 aromatic carbocycles. The lowest BCUT2D eigenvalue weighted by molar-refractivity contribution is 0.562. The van der Waals surface area contributed by atoms with Crippen LogP contribution in [-0.4, -0.2) is 9.61 Å². The first-order valence-corrected chi connectivity index (χ1v) is 5.70. The van der Waals surface area contributed by atoms with Crippen molar-refractivity contribution in [1.29, 1.82) is 0 Å². The van der Waals surface area contributed by atoms with Crippen LogP contribution in [0.25, 0.3) is 5.71 Å². The van der Waals surface area contributed by atoms with Gasteiger partial charge in [0.25, 0.3) is 0 Å². The molecule has 0 unspecified atom stereocenters. The molecule has 0 amide bonds. The van der Waals surface area contributed by atoms with Crippen molar-refractivity contribution in [2.45, 2.75) is 39.5 Å². The molecule has 0 N–H and O–H groups in total. The van der Waals surface area contributed by atoms with Gasteiger partial charge < -0.3 is 4.42 Å². The van der Waals surface area contributed by atoms with E-state index in [0.29, 0.717) is 6.42 Å². The molecule has 2 heterocycles. The van der Waals surface area contributed by atoms with Crippen LogP contribution in [0.2, 0.25) is 0 Å². The molecular formula is C13H16N2O. The normalized spacial score (nSPS) is 10.4. The van der Waals surface area contributed by atoms with Crippen molar-refractivity contribution < 1.29 is 4.42 Å². The summed E-state index contributed by atoms with van der Waals surface area (Å²) in [6.07, 6.45) is 5.92. The highest BCUT2D eigenvalue weighted by Crippen LogP contribution is 2.11. The summed E-state index contributed by atoms with van der Waals surface area (Å²) in [6.45, 7) is 4.12. The van der Waals surface area contributed by atoms with Gasteiger partial charge in [-0.15, -0.1) is 5.92 Å². The molecule has 0 aliphatic carbocycles. The Morgan fingerprint density at radius 3 is 3.06 bits per heavy atom. The molecular weight excluding hydrogens is 200 g/mol. The van der Waals surface area contributed by atoms with E-state index in [1.807, 2.05) is 19.2 Å². The maximum atomic E-state index is 5.59. The number of oxazole rings is 1. The first-order valence-electron chi connectivity index (χ1n) is 5.70. The highest BCUT2D eigenvalue weighted by Gasteiger charge is 2.03. The van der Waals surface area contributed by atoms with E-state index in [1.165, 1.54) is 12.8 Å². The molecule has 0 spiro atoms. The Morgan fingerprint density at radius 2 is 2.31 bits per heavy atom. The molecule has 0 atom stereocenters. The van der Waals surface area contributed by atoms with Crippen LogP contribution in [0.3, 0.4) is 0 Å². The van der Waals surface area contributed by atoms with Crippen LogP contribution in [-0.2, 0) is 6.42 Å². The van der Waals surface area contributed by atoms with Gasteiger partial charge >= 0.3 is 0 Å². The number of aryl methyl sites for hydroxylation is 1. The van der Waals surface area contributed by atoms with Crippen molar-refractivity contribution in [3.63, 3.8) is 0 Å². The summed E-state index contributed by atoms with van der Waals surface area (Å²) < 4.78 is 7.36. The first kappa shape index (κ1) is 10.8. The molecule has 0 aliphatic heterocycles. The molecule has 0 fully saturated rings. The minimum atomic E-state index is 0.673.